The van der Waals surface area contributed by atoms with Gasteiger partial charge >= 0.3 is 15.6 Å². The number of phosphoric ester groups is 2. The lowest BCUT2D eigenvalue weighted by Gasteiger charge is -2.08. The first kappa shape index (κ1) is 22.8. The maximum absolute atomic E-state index is 12.2. The Balaban J connectivity index is 2.12. The molecule has 0 aliphatic carbocycles. The summed E-state index contributed by atoms with van der Waals surface area (Å²) in [6.07, 6.45) is 4.03. The summed E-state index contributed by atoms with van der Waals surface area (Å²) in [5.41, 5.74) is 1.57. The van der Waals surface area contributed by atoms with Crippen LogP contribution in [-0.2, 0) is 13.9 Å². The van der Waals surface area contributed by atoms with Gasteiger partial charge in [-0.1, -0.05) is 30.3 Å². The van der Waals surface area contributed by atoms with Gasteiger partial charge in [-0.05, 0) is 60.0 Å². The van der Waals surface area contributed by atoms with Gasteiger partial charge in [-0.25, -0.2) is 9.13 Å². The normalized spacial score (nSPS) is 12.8. The molecule has 0 fully saturated rings. The Bertz CT molecular complexity index is 1050. The molecule has 2 aromatic rings. The third-order valence-corrected chi connectivity index (χ3v) is 4.29. The van der Waals surface area contributed by atoms with Crippen molar-refractivity contribution in [2.24, 2.45) is 0 Å². The van der Waals surface area contributed by atoms with E-state index in [2.05, 4.69) is 9.05 Å². The fourth-order valence-electron chi connectivity index (χ4n) is 2.27. The zero-order chi connectivity index (χ0) is 21.7. The van der Waals surface area contributed by atoms with Crippen molar-refractivity contribution in [1.82, 2.24) is 0 Å². The number of carbonyl (C=O) groups excluding carboxylic acids is 1. The van der Waals surface area contributed by atoms with Crippen LogP contribution in [0.3, 0.4) is 0 Å². The highest BCUT2D eigenvalue weighted by Gasteiger charge is 2.16. The van der Waals surface area contributed by atoms with Gasteiger partial charge in [-0.3, -0.25) is 24.4 Å². The highest BCUT2D eigenvalue weighted by Crippen LogP contribution is 2.38. The molecule has 0 atom stereocenters. The number of ketones is 1. The Kier molecular flexibility index (Phi) is 7.32. The van der Waals surface area contributed by atoms with Gasteiger partial charge in [0.15, 0.2) is 5.78 Å². The monoisotopic (exact) mass is 440 g/mol. The first-order chi connectivity index (χ1) is 13.4. The fraction of sp³-hybridized carbons (Fsp3) is 0.0556. The van der Waals surface area contributed by atoms with E-state index < -0.39 is 15.6 Å². The highest BCUT2D eigenvalue weighted by atomic mass is 31.2. The Hall–Kier alpha value is -2.51. The topological polar surface area (TPSA) is 151 Å². The minimum Gasteiger partial charge on any atom is -0.404 e. The van der Waals surface area contributed by atoms with Crippen LogP contribution in [0.2, 0.25) is 0 Å². The molecule has 154 valence electrons. The van der Waals surface area contributed by atoms with Crippen LogP contribution in [0.1, 0.15) is 18.1 Å². The molecule has 0 radical (unpaired) electrons. The molecule has 11 heteroatoms. The predicted molar refractivity (Wildman–Crippen MR) is 106 cm³/mol. The molecule has 0 unspecified atom stereocenters. The van der Waals surface area contributed by atoms with Crippen LogP contribution in [0, 0.1) is 0 Å². The lowest BCUT2D eigenvalue weighted by atomic mass is 10.1. The molecule has 0 aliphatic rings. The standard InChI is InChI=1S/C18H18O9P2/c1-13(15-5-3-7-18(12-15)27-29(23,24)25)10-16(19)9-8-14-4-2-6-17(11-14)26-28(20,21)22/h2-12H,1H3,(H2,20,21,22)(H2,23,24,25). The number of hydrogen-bond acceptors (Lipinski definition) is 5. The molecule has 29 heavy (non-hydrogen) atoms. The smallest absolute Gasteiger partial charge is 0.404 e. The van der Waals surface area contributed by atoms with Crippen LogP contribution in [0.4, 0.5) is 0 Å². The fourth-order valence-corrected chi connectivity index (χ4v) is 3.05. The minimum absolute atomic E-state index is 0.0338. The van der Waals surface area contributed by atoms with Crippen LogP contribution < -0.4 is 9.05 Å². The lowest BCUT2D eigenvalue weighted by Crippen LogP contribution is -1.92. The van der Waals surface area contributed by atoms with Gasteiger partial charge in [0.2, 0.25) is 0 Å². The molecular formula is C18H18O9P2. The van der Waals surface area contributed by atoms with E-state index in [0.29, 0.717) is 16.7 Å². The number of benzene rings is 2. The van der Waals surface area contributed by atoms with E-state index in [1.54, 1.807) is 19.1 Å². The van der Waals surface area contributed by atoms with E-state index in [1.165, 1.54) is 54.6 Å². The molecule has 0 amide bonds. The van der Waals surface area contributed by atoms with Gasteiger partial charge in [0.25, 0.3) is 0 Å². The van der Waals surface area contributed by atoms with Crippen molar-refractivity contribution in [1.29, 1.82) is 0 Å². The maximum Gasteiger partial charge on any atom is 0.524 e. The van der Waals surface area contributed by atoms with Crippen LogP contribution in [-0.4, -0.2) is 25.4 Å². The molecule has 0 bridgehead atoms. The molecule has 0 aliphatic heterocycles. The zero-order valence-electron chi connectivity index (χ0n) is 15.1. The molecule has 2 rings (SSSR count). The Morgan fingerprint density at radius 2 is 1.45 bits per heavy atom. The summed E-state index contributed by atoms with van der Waals surface area (Å²) in [5, 5.41) is 0. The van der Waals surface area contributed by atoms with Gasteiger partial charge in [0.1, 0.15) is 11.5 Å². The second-order valence-electron chi connectivity index (χ2n) is 5.83. The second kappa shape index (κ2) is 9.33. The van der Waals surface area contributed by atoms with Crippen molar-refractivity contribution >= 4 is 33.1 Å². The Labute approximate surface area is 166 Å². The van der Waals surface area contributed by atoms with E-state index in [-0.39, 0.29) is 17.3 Å². The summed E-state index contributed by atoms with van der Waals surface area (Å²) in [4.78, 5) is 47.5. The first-order valence-corrected chi connectivity index (χ1v) is 11.1. The van der Waals surface area contributed by atoms with Gasteiger partial charge in [-0.15, -0.1) is 0 Å². The van der Waals surface area contributed by atoms with E-state index in [4.69, 9.17) is 19.6 Å². The third-order valence-electron chi connectivity index (χ3n) is 3.39. The highest BCUT2D eigenvalue weighted by molar-refractivity contribution is 7.47. The second-order valence-corrected chi connectivity index (χ2v) is 8.15. The maximum atomic E-state index is 12.2. The van der Waals surface area contributed by atoms with Crippen molar-refractivity contribution in [2.75, 3.05) is 0 Å². The van der Waals surface area contributed by atoms with Gasteiger partial charge in [0, 0.05) is 0 Å². The van der Waals surface area contributed by atoms with Crippen molar-refractivity contribution in [3.8, 4) is 11.5 Å². The number of carbonyl (C=O) groups is 1. The van der Waals surface area contributed by atoms with Gasteiger partial charge < -0.3 is 9.05 Å². The van der Waals surface area contributed by atoms with E-state index >= 15 is 0 Å². The largest absolute Gasteiger partial charge is 0.524 e. The molecule has 9 nitrogen and oxygen atoms in total. The summed E-state index contributed by atoms with van der Waals surface area (Å²) in [6, 6.07) is 11.8. The van der Waals surface area contributed by atoms with E-state index in [0.717, 1.165) is 0 Å². The summed E-state index contributed by atoms with van der Waals surface area (Å²) in [5.74, 6) is -0.444. The van der Waals surface area contributed by atoms with E-state index in [1.807, 2.05) is 0 Å². The van der Waals surface area contributed by atoms with Crippen LogP contribution in [0.25, 0.3) is 11.6 Å². The molecule has 2 aromatic carbocycles. The Morgan fingerprint density at radius 3 is 2.03 bits per heavy atom. The molecule has 4 N–H and O–H groups in total. The number of rotatable bonds is 8. The average molecular weight is 440 g/mol. The number of hydrogen-bond donors (Lipinski definition) is 4. The zero-order valence-corrected chi connectivity index (χ0v) is 16.9. The van der Waals surface area contributed by atoms with Crippen molar-refractivity contribution in [3.63, 3.8) is 0 Å². The molecule has 0 heterocycles. The number of allylic oxidation sites excluding steroid dienone is 3. The summed E-state index contributed by atoms with van der Waals surface area (Å²) >= 11 is 0. The lowest BCUT2D eigenvalue weighted by molar-refractivity contribution is -0.110. The summed E-state index contributed by atoms with van der Waals surface area (Å²) < 4.78 is 30.8. The van der Waals surface area contributed by atoms with Crippen LogP contribution in [0.5, 0.6) is 11.5 Å². The van der Waals surface area contributed by atoms with Crippen molar-refractivity contribution in [2.45, 2.75) is 6.92 Å². The van der Waals surface area contributed by atoms with Crippen molar-refractivity contribution < 1.29 is 42.5 Å². The SMILES string of the molecule is CC(=CC(=O)C=Cc1cccc(OP(=O)(O)O)c1)c1cccc(OP(=O)(O)O)c1. The predicted octanol–water partition coefficient (Wildman–Crippen LogP) is 3.32. The van der Waals surface area contributed by atoms with Crippen LogP contribution in [0.15, 0.2) is 60.7 Å². The van der Waals surface area contributed by atoms with Crippen molar-refractivity contribution in [3.05, 3.63) is 71.8 Å². The molecule has 0 spiro atoms. The van der Waals surface area contributed by atoms with E-state index in [9.17, 15) is 13.9 Å². The molecular weight excluding hydrogens is 422 g/mol. The quantitative estimate of drug-likeness (QED) is 0.358. The van der Waals surface area contributed by atoms with Crippen LogP contribution >= 0.6 is 15.6 Å². The third kappa shape index (κ3) is 8.58. The first-order valence-electron chi connectivity index (χ1n) is 8.02. The molecule has 0 saturated carbocycles. The number of phosphoric acid groups is 2. The molecule has 0 aromatic heterocycles. The summed E-state index contributed by atoms with van der Waals surface area (Å²) in [7, 11) is -9.36. The van der Waals surface area contributed by atoms with Gasteiger partial charge in [0.05, 0.1) is 0 Å². The minimum atomic E-state index is -4.68. The Morgan fingerprint density at radius 1 is 0.897 bits per heavy atom. The average Bonchev–Trinajstić information content (AvgIpc) is 2.57. The van der Waals surface area contributed by atoms with Gasteiger partial charge in [-0.2, -0.15) is 0 Å². The summed E-state index contributed by atoms with van der Waals surface area (Å²) in [6.45, 7) is 1.65. The molecule has 0 saturated heterocycles.